The van der Waals surface area contributed by atoms with Gasteiger partial charge in [0.25, 0.3) is 11.8 Å². The molecule has 0 saturated heterocycles. The number of halogens is 2. The number of hydrazone groups is 1. The van der Waals surface area contributed by atoms with Gasteiger partial charge in [-0.1, -0.05) is 71.2 Å². The first kappa shape index (κ1) is 24.2. The number of carbonyl (C=O) groups excluding carboxylic acids is 2. The second-order valence-corrected chi connectivity index (χ2v) is 8.50. The van der Waals surface area contributed by atoms with E-state index in [2.05, 4.69) is 15.8 Å². The van der Waals surface area contributed by atoms with Crippen molar-refractivity contribution in [2.45, 2.75) is 6.92 Å². The number of hydrogen-bond donors (Lipinski definition) is 2. The highest BCUT2D eigenvalue weighted by molar-refractivity contribution is 6.42. The van der Waals surface area contributed by atoms with Gasteiger partial charge in [0.2, 0.25) is 0 Å². The molecule has 0 unspecified atom stereocenters. The highest BCUT2D eigenvalue weighted by atomic mass is 35.5. The molecule has 2 N–H and O–H groups in total. The Bertz CT molecular complexity index is 1380. The van der Waals surface area contributed by atoms with E-state index < -0.39 is 11.8 Å². The molecule has 35 heavy (non-hydrogen) atoms. The van der Waals surface area contributed by atoms with Crippen molar-refractivity contribution in [1.82, 2.24) is 20.5 Å². The van der Waals surface area contributed by atoms with E-state index in [1.54, 1.807) is 4.68 Å². The van der Waals surface area contributed by atoms with Crippen molar-refractivity contribution in [3.05, 3.63) is 106 Å². The first-order chi connectivity index (χ1) is 16.9. The quantitative estimate of drug-likeness (QED) is 0.272. The Kier molecular flexibility index (Phi) is 7.60. The summed E-state index contributed by atoms with van der Waals surface area (Å²) in [6.45, 7) is 1.76. The van der Waals surface area contributed by atoms with Crippen LogP contribution in [0, 0.1) is 6.92 Å². The minimum atomic E-state index is -0.484. The number of nitrogens with zero attached hydrogens (tertiary/aromatic N) is 3. The van der Waals surface area contributed by atoms with Crippen LogP contribution in [0.2, 0.25) is 10.0 Å². The molecule has 4 rings (SSSR count). The van der Waals surface area contributed by atoms with Crippen molar-refractivity contribution in [3.8, 4) is 16.9 Å². The van der Waals surface area contributed by atoms with Gasteiger partial charge in [-0.15, -0.1) is 0 Å². The number of rotatable bonds is 7. The molecule has 9 heteroatoms. The smallest absolute Gasteiger partial charge is 0.259 e. The first-order valence-corrected chi connectivity index (χ1v) is 11.4. The number of hydrogen-bond acceptors (Lipinski definition) is 4. The van der Waals surface area contributed by atoms with Gasteiger partial charge in [-0.3, -0.25) is 9.59 Å². The maximum atomic E-state index is 12.2. The molecule has 176 valence electrons. The molecule has 0 aliphatic rings. The van der Waals surface area contributed by atoms with E-state index in [1.807, 2.05) is 67.7 Å². The van der Waals surface area contributed by atoms with E-state index in [9.17, 15) is 9.59 Å². The van der Waals surface area contributed by atoms with Crippen molar-refractivity contribution in [2.24, 2.45) is 5.10 Å². The van der Waals surface area contributed by atoms with Gasteiger partial charge in [-0.2, -0.15) is 10.2 Å². The van der Waals surface area contributed by atoms with Gasteiger partial charge < -0.3 is 5.32 Å². The van der Waals surface area contributed by atoms with Crippen LogP contribution in [-0.2, 0) is 4.79 Å². The maximum absolute atomic E-state index is 12.2. The van der Waals surface area contributed by atoms with E-state index in [-0.39, 0.29) is 11.6 Å². The molecule has 0 atom stereocenters. The average molecular weight is 506 g/mol. The normalized spacial score (nSPS) is 10.9. The SMILES string of the molecule is Cc1ccc(-c2nn(-c3ccccc3)cc2/C=N/NC(=O)CNC(=O)c2ccc(Cl)c(Cl)c2)cc1. The van der Waals surface area contributed by atoms with Crippen molar-refractivity contribution in [2.75, 3.05) is 6.54 Å². The number of benzene rings is 3. The lowest BCUT2D eigenvalue weighted by molar-refractivity contribution is -0.120. The lowest BCUT2D eigenvalue weighted by Crippen LogP contribution is -2.34. The second kappa shape index (κ2) is 11.0. The molecule has 7 nitrogen and oxygen atoms in total. The molecule has 0 spiro atoms. The number of carbonyl (C=O) groups is 2. The van der Waals surface area contributed by atoms with Crippen molar-refractivity contribution in [3.63, 3.8) is 0 Å². The van der Waals surface area contributed by atoms with Crippen LogP contribution in [0.4, 0.5) is 0 Å². The summed E-state index contributed by atoms with van der Waals surface area (Å²) in [6, 6.07) is 22.2. The Balaban J connectivity index is 1.45. The molecule has 0 fully saturated rings. The fourth-order valence-electron chi connectivity index (χ4n) is 3.24. The number of aromatic nitrogens is 2. The van der Waals surface area contributed by atoms with Crippen molar-refractivity contribution in [1.29, 1.82) is 0 Å². The summed E-state index contributed by atoms with van der Waals surface area (Å²) in [6.07, 6.45) is 3.37. The fourth-order valence-corrected chi connectivity index (χ4v) is 3.54. The minimum absolute atomic E-state index is 0.258. The summed E-state index contributed by atoms with van der Waals surface area (Å²) >= 11 is 11.8. The predicted molar refractivity (Wildman–Crippen MR) is 138 cm³/mol. The molecular formula is C26H21Cl2N5O2. The Morgan fingerprint density at radius 1 is 1.00 bits per heavy atom. The highest BCUT2D eigenvalue weighted by Crippen LogP contribution is 2.24. The van der Waals surface area contributed by atoms with Crippen LogP contribution in [0.15, 0.2) is 84.1 Å². The van der Waals surface area contributed by atoms with Crippen LogP contribution in [0.5, 0.6) is 0 Å². The molecule has 4 aromatic rings. The van der Waals surface area contributed by atoms with Crippen LogP contribution >= 0.6 is 23.2 Å². The fraction of sp³-hybridized carbons (Fsp3) is 0.0769. The number of para-hydroxylation sites is 1. The summed E-state index contributed by atoms with van der Waals surface area (Å²) in [5.74, 6) is -0.935. The molecule has 0 bridgehead atoms. The van der Waals surface area contributed by atoms with Gasteiger partial charge in [0.1, 0.15) is 5.69 Å². The van der Waals surface area contributed by atoms with Crippen molar-refractivity contribution >= 4 is 41.2 Å². The lowest BCUT2D eigenvalue weighted by Gasteiger charge is -2.05. The van der Waals surface area contributed by atoms with E-state index in [0.717, 1.165) is 28.1 Å². The Labute approximate surface area is 212 Å². The Morgan fingerprint density at radius 2 is 1.74 bits per heavy atom. The molecule has 1 heterocycles. The minimum Gasteiger partial charge on any atom is -0.343 e. The third kappa shape index (κ3) is 6.15. The van der Waals surface area contributed by atoms with E-state index in [1.165, 1.54) is 24.4 Å². The lowest BCUT2D eigenvalue weighted by atomic mass is 10.1. The molecule has 0 radical (unpaired) electrons. The van der Waals surface area contributed by atoms with Gasteiger partial charge in [-0.05, 0) is 37.3 Å². The third-order valence-electron chi connectivity index (χ3n) is 5.07. The van der Waals surface area contributed by atoms with Crippen LogP contribution in [0.3, 0.4) is 0 Å². The summed E-state index contributed by atoms with van der Waals surface area (Å²) in [5, 5.41) is 11.9. The molecule has 1 aromatic heterocycles. The summed E-state index contributed by atoms with van der Waals surface area (Å²) < 4.78 is 1.76. The largest absolute Gasteiger partial charge is 0.343 e. The number of nitrogens with one attached hydrogen (secondary N) is 2. The predicted octanol–water partition coefficient (Wildman–Crippen LogP) is 5.03. The van der Waals surface area contributed by atoms with Crippen LogP contribution in [0.1, 0.15) is 21.5 Å². The Hall–Kier alpha value is -3.94. The van der Waals surface area contributed by atoms with Crippen LogP contribution < -0.4 is 10.7 Å². The zero-order valence-corrected chi connectivity index (χ0v) is 20.2. The van der Waals surface area contributed by atoms with Crippen LogP contribution in [0.25, 0.3) is 16.9 Å². The van der Waals surface area contributed by atoms with Crippen molar-refractivity contribution < 1.29 is 9.59 Å². The molecular weight excluding hydrogens is 485 g/mol. The highest BCUT2D eigenvalue weighted by Gasteiger charge is 2.12. The molecule has 0 saturated carbocycles. The molecule has 0 aliphatic heterocycles. The van der Waals surface area contributed by atoms with E-state index in [4.69, 9.17) is 28.3 Å². The Morgan fingerprint density at radius 3 is 2.46 bits per heavy atom. The standard InChI is InChI=1S/C26H21Cl2N5O2/c1-17-7-9-18(10-8-17)25-20(16-33(32-25)21-5-3-2-4-6-21)14-30-31-24(34)15-29-26(35)19-11-12-22(27)23(28)13-19/h2-14,16H,15H2,1H3,(H,29,35)(H,31,34)/b30-14+. The monoisotopic (exact) mass is 505 g/mol. The number of amides is 2. The van der Waals surface area contributed by atoms with Crippen LogP contribution in [-0.4, -0.2) is 34.4 Å². The summed E-state index contributed by atoms with van der Waals surface area (Å²) in [4.78, 5) is 24.4. The zero-order chi connectivity index (χ0) is 24.8. The third-order valence-corrected chi connectivity index (χ3v) is 5.81. The van der Waals surface area contributed by atoms with Gasteiger partial charge in [-0.25, -0.2) is 10.1 Å². The van der Waals surface area contributed by atoms with Gasteiger partial charge >= 0.3 is 0 Å². The molecule has 2 amide bonds. The van der Waals surface area contributed by atoms with Gasteiger partial charge in [0.05, 0.1) is 28.5 Å². The number of aryl methyl sites for hydroxylation is 1. The zero-order valence-electron chi connectivity index (χ0n) is 18.7. The summed E-state index contributed by atoms with van der Waals surface area (Å²) in [5.41, 5.74) is 7.13. The molecule has 3 aromatic carbocycles. The maximum Gasteiger partial charge on any atom is 0.259 e. The second-order valence-electron chi connectivity index (χ2n) is 7.68. The average Bonchev–Trinajstić information content (AvgIpc) is 3.29. The molecule has 0 aliphatic carbocycles. The first-order valence-electron chi connectivity index (χ1n) is 10.7. The van der Waals surface area contributed by atoms with E-state index in [0.29, 0.717) is 10.6 Å². The summed E-state index contributed by atoms with van der Waals surface area (Å²) in [7, 11) is 0. The van der Waals surface area contributed by atoms with Gasteiger partial charge in [0, 0.05) is 22.9 Å². The van der Waals surface area contributed by atoms with E-state index >= 15 is 0 Å². The van der Waals surface area contributed by atoms with Gasteiger partial charge in [0.15, 0.2) is 0 Å². The topological polar surface area (TPSA) is 88.4 Å².